The van der Waals surface area contributed by atoms with Crippen LogP contribution in [0.3, 0.4) is 0 Å². The highest BCUT2D eigenvalue weighted by Crippen LogP contribution is 2.21. The lowest BCUT2D eigenvalue weighted by Gasteiger charge is -2.19. The Balaban J connectivity index is 2.80. The third-order valence-electron chi connectivity index (χ3n) is 2.38. The summed E-state index contributed by atoms with van der Waals surface area (Å²) in [6, 6.07) is 2.79. The maximum Gasteiger partial charge on any atom is 0.328 e. The molecule has 0 fully saturated rings. The normalized spacial score (nSPS) is 14.1. The van der Waals surface area contributed by atoms with Gasteiger partial charge < -0.3 is 4.74 Å². The van der Waals surface area contributed by atoms with Crippen LogP contribution in [0, 0.1) is 0 Å². The van der Waals surface area contributed by atoms with E-state index in [1.165, 1.54) is 18.3 Å². The number of carbonyl (C=O) groups is 2. The Kier molecular flexibility index (Phi) is 5.31. The van der Waals surface area contributed by atoms with E-state index >= 15 is 0 Å². The van der Waals surface area contributed by atoms with Crippen LogP contribution in [0.1, 0.15) is 31.7 Å². The lowest BCUT2D eigenvalue weighted by molar-refractivity contribution is -0.146. The molecule has 1 N–H and O–H groups in total. The van der Waals surface area contributed by atoms with Gasteiger partial charge in [-0.1, -0.05) is 6.07 Å². The van der Waals surface area contributed by atoms with Crippen LogP contribution in [-0.2, 0) is 14.3 Å². The number of esters is 1. The summed E-state index contributed by atoms with van der Waals surface area (Å²) in [4.78, 5) is 23.9. The molecule has 0 amide bonds. The maximum atomic E-state index is 11.8. The van der Waals surface area contributed by atoms with Crippen molar-refractivity contribution in [1.29, 1.82) is 0 Å². The number of ether oxygens (including phenoxy) is 1. The van der Waals surface area contributed by atoms with Crippen LogP contribution in [0.25, 0.3) is 0 Å². The summed E-state index contributed by atoms with van der Waals surface area (Å²) in [5.74, 6) is -0.348. The van der Waals surface area contributed by atoms with Crippen LogP contribution in [0.15, 0.2) is 17.5 Å². The van der Waals surface area contributed by atoms with Crippen molar-refractivity contribution in [3.8, 4) is 0 Å². The lowest BCUT2D eigenvalue weighted by atomic mass is 10.1. The third kappa shape index (κ3) is 3.94. The molecule has 17 heavy (non-hydrogen) atoms. The van der Waals surface area contributed by atoms with Gasteiger partial charge in [-0.2, -0.15) is 0 Å². The first-order valence-electron chi connectivity index (χ1n) is 5.52. The Morgan fingerprint density at radius 1 is 1.53 bits per heavy atom. The fraction of sp³-hybridized carbons (Fsp3) is 0.500. The van der Waals surface area contributed by atoms with Crippen molar-refractivity contribution in [2.75, 3.05) is 6.61 Å². The van der Waals surface area contributed by atoms with E-state index in [0.717, 1.165) is 4.88 Å². The zero-order valence-corrected chi connectivity index (χ0v) is 11.0. The molecule has 0 aliphatic heterocycles. The van der Waals surface area contributed by atoms with E-state index in [-0.39, 0.29) is 17.8 Å². The molecule has 1 heterocycles. The second kappa shape index (κ2) is 6.51. The fourth-order valence-corrected chi connectivity index (χ4v) is 2.09. The predicted molar refractivity (Wildman–Crippen MR) is 67.0 cm³/mol. The Hall–Kier alpha value is -1.20. The molecule has 4 nitrogen and oxygen atoms in total. The zero-order valence-electron chi connectivity index (χ0n) is 10.2. The Labute approximate surface area is 105 Å². The average Bonchev–Trinajstić information content (AvgIpc) is 2.78. The van der Waals surface area contributed by atoms with E-state index in [1.807, 2.05) is 17.5 Å². The first-order chi connectivity index (χ1) is 8.06. The second-order valence-corrected chi connectivity index (χ2v) is 4.68. The maximum absolute atomic E-state index is 11.8. The molecule has 1 aromatic rings. The van der Waals surface area contributed by atoms with Crippen molar-refractivity contribution >= 4 is 23.1 Å². The highest BCUT2D eigenvalue weighted by molar-refractivity contribution is 7.10. The minimum Gasteiger partial charge on any atom is -0.465 e. The van der Waals surface area contributed by atoms with Crippen molar-refractivity contribution in [2.45, 2.75) is 32.9 Å². The van der Waals surface area contributed by atoms with Crippen molar-refractivity contribution in [3.63, 3.8) is 0 Å². The fourth-order valence-electron chi connectivity index (χ4n) is 1.31. The molecule has 0 spiro atoms. The van der Waals surface area contributed by atoms with E-state index in [1.54, 1.807) is 13.8 Å². The quantitative estimate of drug-likeness (QED) is 0.789. The van der Waals surface area contributed by atoms with E-state index in [2.05, 4.69) is 5.32 Å². The lowest BCUT2D eigenvalue weighted by Crippen LogP contribution is -2.39. The van der Waals surface area contributed by atoms with Crippen molar-refractivity contribution in [1.82, 2.24) is 5.32 Å². The molecule has 2 atom stereocenters. The highest BCUT2D eigenvalue weighted by atomic mass is 32.1. The van der Waals surface area contributed by atoms with Gasteiger partial charge in [0.2, 0.25) is 0 Å². The molecule has 0 aliphatic rings. The minimum absolute atomic E-state index is 0.00384. The first-order valence-corrected chi connectivity index (χ1v) is 6.40. The molecule has 1 rings (SSSR count). The van der Waals surface area contributed by atoms with Gasteiger partial charge in [-0.05, 0) is 32.2 Å². The van der Waals surface area contributed by atoms with Crippen LogP contribution in [0.5, 0.6) is 0 Å². The molecule has 2 unspecified atom stereocenters. The van der Waals surface area contributed by atoms with Crippen molar-refractivity contribution in [3.05, 3.63) is 22.4 Å². The Morgan fingerprint density at radius 2 is 2.24 bits per heavy atom. The molecule has 1 aromatic heterocycles. The van der Waals surface area contributed by atoms with Crippen molar-refractivity contribution in [2.24, 2.45) is 0 Å². The SMILES string of the molecule is CCOC(=O)C(NC(C)C(C)=O)c1cccs1. The Bertz CT molecular complexity index is 375. The number of thiophene rings is 1. The average molecular weight is 255 g/mol. The van der Waals surface area contributed by atoms with Crippen LogP contribution < -0.4 is 5.32 Å². The number of hydrogen-bond donors (Lipinski definition) is 1. The first kappa shape index (κ1) is 13.9. The van der Waals surface area contributed by atoms with Crippen LogP contribution >= 0.6 is 11.3 Å². The highest BCUT2D eigenvalue weighted by Gasteiger charge is 2.25. The molecular weight excluding hydrogens is 238 g/mol. The molecule has 0 bridgehead atoms. The van der Waals surface area contributed by atoms with Gasteiger partial charge in [0.05, 0.1) is 12.6 Å². The summed E-state index contributed by atoms with van der Waals surface area (Å²) in [7, 11) is 0. The van der Waals surface area contributed by atoms with Crippen LogP contribution in [0.4, 0.5) is 0 Å². The number of hydrogen-bond acceptors (Lipinski definition) is 5. The predicted octanol–water partition coefficient (Wildman–Crippen LogP) is 1.92. The van der Waals surface area contributed by atoms with Gasteiger partial charge in [-0.3, -0.25) is 10.1 Å². The van der Waals surface area contributed by atoms with Gasteiger partial charge in [0, 0.05) is 4.88 Å². The van der Waals surface area contributed by atoms with Gasteiger partial charge in [0.1, 0.15) is 11.8 Å². The number of nitrogens with one attached hydrogen (secondary N) is 1. The van der Waals surface area contributed by atoms with Gasteiger partial charge in [0.25, 0.3) is 0 Å². The van der Waals surface area contributed by atoms with Crippen molar-refractivity contribution < 1.29 is 14.3 Å². The zero-order chi connectivity index (χ0) is 12.8. The third-order valence-corrected chi connectivity index (χ3v) is 3.31. The topological polar surface area (TPSA) is 55.4 Å². The molecule has 5 heteroatoms. The summed E-state index contributed by atoms with van der Waals surface area (Å²) in [5.41, 5.74) is 0. The number of rotatable bonds is 6. The Morgan fingerprint density at radius 3 is 2.71 bits per heavy atom. The van der Waals surface area contributed by atoms with Gasteiger partial charge in [0.15, 0.2) is 0 Å². The monoisotopic (exact) mass is 255 g/mol. The summed E-state index contributed by atoms with van der Waals surface area (Å²) in [5, 5.41) is 4.88. The number of Topliss-reactive ketones (excluding diaryl/α,β-unsaturated/α-hetero) is 1. The smallest absolute Gasteiger partial charge is 0.328 e. The van der Waals surface area contributed by atoms with E-state index in [9.17, 15) is 9.59 Å². The van der Waals surface area contributed by atoms with Gasteiger partial charge in [-0.15, -0.1) is 11.3 Å². The molecule has 94 valence electrons. The van der Waals surface area contributed by atoms with E-state index < -0.39 is 6.04 Å². The second-order valence-electron chi connectivity index (χ2n) is 3.70. The molecule has 0 radical (unpaired) electrons. The summed E-state index contributed by atoms with van der Waals surface area (Å²) < 4.78 is 5.00. The van der Waals surface area contributed by atoms with Crippen LogP contribution in [-0.4, -0.2) is 24.4 Å². The summed E-state index contributed by atoms with van der Waals surface area (Å²) in [6.07, 6.45) is 0. The number of ketones is 1. The van der Waals surface area contributed by atoms with Crippen LogP contribution in [0.2, 0.25) is 0 Å². The van der Waals surface area contributed by atoms with Gasteiger partial charge in [-0.25, -0.2) is 4.79 Å². The number of carbonyl (C=O) groups excluding carboxylic acids is 2. The van der Waals surface area contributed by atoms with E-state index in [0.29, 0.717) is 6.61 Å². The molecule has 0 saturated heterocycles. The van der Waals surface area contributed by atoms with E-state index in [4.69, 9.17) is 4.74 Å². The molecule has 0 aliphatic carbocycles. The van der Waals surface area contributed by atoms with Gasteiger partial charge >= 0.3 is 5.97 Å². The minimum atomic E-state index is -0.561. The molecule has 0 saturated carbocycles. The summed E-state index contributed by atoms with van der Waals surface area (Å²) in [6.45, 7) is 5.32. The standard InChI is InChI=1S/C12H17NO3S/c1-4-16-12(15)11(10-6-5-7-17-10)13-8(2)9(3)14/h5-8,11,13H,4H2,1-3H3. The largest absolute Gasteiger partial charge is 0.465 e. The summed E-state index contributed by atoms with van der Waals surface area (Å²) >= 11 is 1.46. The molecule has 0 aromatic carbocycles. The molecular formula is C12H17NO3S.